The lowest BCUT2D eigenvalue weighted by atomic mass is 9.74. The molecule has 0 aliphatic heterocycles. The van der Waals surface area contributed by atoms with E-state index in [0.29, 0.717) is 0 Å². The van der Waals surface area contributed by atoms with Gasteiger partial charge in [0.1, 0.15) is 0 Å². The Morgan fingerprint density at radius 3 is 1.78 bits per heavy atom. The molecule has 0 bridgehead atoms. The summed E-state index contributed by atoms with van der Waals surface area (Å²) in [6, 6.07) is 27.7. The van der Waals surface area contributed by atoms with Gasteiger partial charge in [0, 0.05) is 17.1 Å². The number of fused-ring (bicyclic) bond motifs is 5. The van der Waals surface area contributed by atoms with Crippen molar-refractivity contribution in [3.63, 3.8) is 0 Å². The Morgan fingerprint density at radius 2 is 1.06 bits per heavy atom. The molecular weight excluding hydrogens is 434 g/mol. The van der Waals surface area contributed by atoms with E-state index in [1.54, 1.807) is 0 Å². The van der Waals surface area contributed by atoms with E-state index in [1.165, 1.54) is 82.4 Å². The maximum atomic E-state index is 4.96. The predicted octanol–water partition coefficient (Wildman–Crippen LogP) is 8.69. The average molecular weight is 462 g/mol. The lowest BCUT2D eigenvalue weighted by Crippen LogP contribution is -2.14. The summed E-state index contributed by atoms with van der Waals surface area (Å²) in [6.45, 7) is 4.43. The Morgan fingerprint density at radius 1 is 0.528 bits per heavy atom. The van der Waals surface area contributed by atoms with Crippen molar-refractivity contribution in [3.8, 4) is 22.4 Å². The van der Waals surface area contributed by atoms with E-state index < -0.39 is 0 Å². The number of aryl methyl sites for hydroxylation is 6. The third-order valence-corrected chi connectivity index (χ3v) is 8.87. The molecule has 1 heteroatoms. The molecule has 6 aromatic rings. The lowest BCUT2D eigenvalue weighted by Gasteiger charge is -2.30. The fourth-order valence-electron chi connectivity index (χ4n) is 6.93. The van der Waals surface area contributed by atoms with Gasteiger partial charge in [0.05, 0.1) is 5.69 Å². The third kappa shape index (κ3) is 2.69. The van der Waals surface area contributed by atoms with Crippen LogP contribution in [0, 0.1) is 13.8 Å². The molecule has 172 valence electrons. The summed E-state index contributed by atoms with van der Waals surface area (Å²) in [7, 11) is 0. The zero-order chi connectivity index (χ0) is 24.0. The third-order valence-electron chi connectivity index (χ3n) is 8.87. The van der Waals surface area contributed by atoms with Crippen molar-refractivity contribution in [2.75, 3.05) is 0 Å². The topological polar surface area (TPSA) is 12.9 Å². The Hall–Kier alpha value is -3.97. The second-order valence-corrected chi connectivity index (χ2v) is 10.7. The van der Waals surface area contributed by atoms with E-state index in [-0.39, 0.29) is 0 Å². The molecule has 0 fully saturated rings. The molecule has 0 unspecified atom stereocenters. The second-order valence-electron chi connectivity index (χ2n) is 10.7. The number of benzene rings is 5. The van der Waals surface area contributed by atoms with Gasteiger partial charge >= 0.3 is 0 Å². The number of hydrogen-bond donors (Lipinski definition) is 0. The normalized spacial score (nSPS) is 13.9. The van der Waals surface area contributed by atoms with E-state index in [2.05, 4.69) is 86.6 Å². The Bertz CT molecular complexity index is 1860. The van der Waals surface area contributed by atoms with Gasteiger partial charge in [-0.1, -0.05) is 54.6 Å². The summed E-state index contributed by atoms with van der Waals surface area (Å²) in [5.41, 5.74) is 14.2. The van der Waals surface area contributed by atoms with Crippen molar-refractivity contribution >= 4 is 32.3 Å². The van der Waals surface area contributed by atoms with Crippen LogP contribution in [0.3, 0.4) is 0 Å². The Balaban J connectivity index is 1.37. The maximum absolute atomic E-state index is 4.96. The quantitative estimate of drug-likeness (QED) is 0.223. The highest BCUT2D eigenvalue weighted by atomic mass is 14.7. The maximum Gasteiger partial charge on any atom is 0.0780 e. The first kappa shape index (κ1) is 20.2. The molecule has 1 aromatic heterocycles. The van der Waals surface area contributed by atoms with Crippen molar-refractivity contribution in [1.29, 1.82) is 0 Å². The molecule has 0 atom stereocenters. The van der Waals surface area contributed by atoms with Gasteiger partial charge in [-0.05, 0) is 129 Å². The highest BCUT2D eigenvalue weighted by Crippen LogP contribution is 2.45. The smallest absolute Gasteiger partial charge is 0.0780 e. The molecule has 0 amide bonds. The summed E-state index contributed by atoms with van der Waals surface area (Å²) in [6.07, 6.45) is 6.51. The fourth-order valence-corrected chi connectivity index (χ4v) is 6.93. The summed E-state index contributed by atoms with van der Waals surface area (Å²) < 4.78 is 0. The number of aromatic nitrogens is 1. The monoisotopic (exact) mass is 461 g/mol. The molecule has 8 rings (SSSR count). The van der Waals surface area contributed by atoms with Gasteiger partial charge in [-0.3, -0.25) is 4.98 Å². The van der Waals surface area contributed by atoms with Gasteiger partial charge in [-0.25, -0.2) is 0 Å². The molecule has 0 saturated heterocycles. The van der Waals surface area contributed by atoms with E-state index >= 15 is 0 Å². The molecule has 1 heterocycles. The van der Waals surface area contributed by atoms with E-state index in [4.69, 9.17) is 4.98 Å². The van der Waals surface area contributed by atoms with Crippen molar-refractivity contribution in [3.05, 3.63) is 112 Å². The minimum Gasteiger partial charge on any atom is -0.256 e. The largest absolute Gasteiger partial charge is 0.256 e. The first-order valence-electron chi connectivity index (χ1n) is 13.1. The van der Waals surface area contributed by atoms with E-state index in [9.17, 15) is 0 Å². The first-order valence-corrected chi connectivity index (χ1v) is 13.1. The van der Waals surface area contributed by atoms with Gasteiger partial charge < -0.3 is 0 Å². The van der Waals surface area contributed by atoms with Crippen LogP contribution in [0.15, 0.2) is 79.0 Å². The van der Waals surface area contributed by atoms with Crippen molar-refractivity contribution in [1.82, 2.24) is 4.98 Å². The predicted molar refractivity (Wildman–Crippen MR) is 152 cm³/mol. The Kier molecular flexibility index (Phi) is 4.09. The SMILES string of the molecule is Cc1ccc2c(ccc3c4ccnc(-c5cc6c7c(c5)CCc5cccc(c5-7)CC6)c4ccc23)c1C. The molecule has 2 aliphatic rings. The first-order chi connectivity index (χ1) is 17.7. The number of hydrogen-bond acceptors (Lipinski definition) is 1. The molecular formula is C35H27N. The minimum atomic E-state index is 1.11. The van der Waals surface area contributed by atoms with Crippen LogP contribution < -0.4 is 0 Å². The number of pyridine rings is 1. The van der Waals surface area contributed by atoms with Crippen LogP contribution in [-0.2, 0) is 25.7 Å². The summed E-state index contributed by atoms with van der Waals surface area (Å²) in [4.78, 5) is 4.96. The van der Waals surface area contributed by atoms with Crippen LogP contribution in [-0.4, -0.2) is 4.98 Å². The molecule has 0 N–H and O–H groups in total. The van der Waals surface area contributed by atoms with Crippen molar-refractivity contribution in [2.45, 2.75) is 39.5 Å². The highest BCUT2D eigenvalue weighted by Gasteiger charge is 2.26. The van der Waals surface area contributed by atoms with Gasteiger partial charge in [-0.2, -0.15) is 0 Å². The zero-order valence-corrected chi connectivity index (χ0v) is 20.8. The molecule has 0 saturated carbocycles. The molecule has 36 heavy (non-hydrogen) atoms. The minimum absolute atomic E-state index is 1.11. The fraction of sp³-hybridized carbons (Fsp3) is 0.171. The standard InChI is InChI=1S/C35H27N/c1-20-6-11-28-27(21(20)2)12-13-30-29(28)14-15-32-31(30)16-17-36-35(32)26-18-24-9-7-22-4-3-5-23-8-10-25(19-26)34(24)33(22)23/h3-6,11-19H,7-10H2,1-2H3. The highest BCUT2D eigenvalue weighted by molar-refractivity contribution is 6.19. The molecule has 0 radical (unpaired) electrons. The summed E-state index contributed by atoms with van der Waals surface area (Å²) in [5.74, 6) is 0. The second kappa shape index (κ2) is 7.27. The van der Waals surface area contributed by atoms with Gasteiger partial charge in [0.25, 0.3) is 0 Å². The number of rotatable bonds is 1. The lowest BCUT2D eigenvalue weighted by molar-refractivity contribution is 0.877. The van der Waals surface area contributed by atoms with Crippen LogP contribution in [0.5, 0.6) is 0 Å². The van der Waals surface area contributed by atoms with Crippen molar-refractivity contribution in [2.24, 2.45) is 0 Å². The van der Waals surface area contributed by atoms with Crippen molar-refractivity contribution < 1.29 is 0 Å². The summed E-state index contributed by atoms with van der Waals surface area (Å²) in [5, 5.41) is 7.85. The summed E-state index contributed by atoms with van der Waals surface area (Å²) >= 11 is 0. The van der Waals surface area contributed by atoms with Crippen LogP contribution in [0.1, 0.15) is 33.4 Å². The van der Waals surface area contributed by atoms with Gasteiger partial charge in [0.2, 0.25) is 0 Å². The van der Waals surface area contributed by atoms with Crippen LogP contribution in [0.4, 0.5) is 0 Å². The number of nitrogens with zero attached hydrogens (tertiary/aromatic N) is 1. The average Bonchev–Trinajstić information content (AvgIpc) is 2.92. The van der Waals surface area contributed by atoms with E-state index in [1.807, 2.05) is 6.20 Å². The van der Waals surface area contributed by atoms with Crippen LogP contribution in [0.2, 0.25) is 0 Å². The van der Waals surface area contributed by atoms with Gasteiger partial charge in [-0.15, -0.1) is 0 Å². The zero-order valence-electron chi connectivity index (χ0n) is 20.8. The molecule has 0 spiro atoms. The van der Waals surface area contributed by atoms with Crippen LogP contribution in [0.25, 0.3) is 54.7 Å². The molecule has 5 aromatic carbocycles. The molecule has 2 aliphatic carbocycles. The van der Waals surface area contributed by atoms with Crippen LogP contribution >= 0.6 is 0 Å². The van der Waals surface area contributed by atoms with Gasteiger partial charge in [0.15, 0.2) is 0 Å². The molecule has 1 nitrogen and oxygen atoms in total. The Labute approximate surface area is 211 Å². The van der Waals surface area contributed by atoms with E-state index in [0.717, 1.165) is 31.4 Å².